The molecule has 0 radical (unpaired) electrons. The van der Waals surface area contributed by atoms with Crippen molar-refractivity contribution in [3.8, 4) is 0 Å². The zero-order valence-corrected chi connectivity index (χ0v) is 12.0. The molecule has 20 heavy (non-hydrogen) atoms. The van der Waals surface area contributed by atoms with Gasteiger partial charge < -0.3 is 10.6 Å². The van der Waals surface area contributed by atoms with E-state index in [-0.39, 0.29) is 0 Å². The van der Waals surface area contributed by atoms with E-state index >= 15 is 0 Å². The Morgan fingerprint density at radius 1 is 1.30 bits per heavy atom. The van der Waals surface area contributed by atoms with E-state index in [0.717, 1.165) is 36.4 Å². The lowest BCUT2D eigenvalue weighted by Crippen LogP contribution is -2.08. The number of fused-ring (bicyclic) bond motifs is 1. The first-order chi connectivity index (χ1) is 9.86. The van der Waals surface area contributed by atoms with Gasteiger partial charge in [-0.1, -0.05) is 6.92 Å². The second-order valence-electron chi connectivity index (χ2n) is 4.44. The summed E-state index contributed by atoms with van der Waals surface area (Å²) in [5.41, 5.74) is 1.99. The number of aromatic nitrogens is 4. The Hall–Kier alpha value is -2.15. The summed E-state index contributed by atoms with van der Waals surface area (Å²) in [6.45, 7) is 3.70. The van der Waals surface area contributed by atoms with E-state index in [9.17, 15) is 0 Å². The maximum atomic E-state index is 4.52. The number of thiophene rings is 1. The number of aromatic amines is 1. The van der Waals surface area contributed by atoms with Gasteiger partial charge in [0.2, 0.25) is 5.95 Å². The Labute approximate surface area is 120 Å². The Balaban J connectivity index is 1.85. The number of nitrogens with zero attached hydrogens (tertiary/aromatic N) is 3. The largest absolute Gasteiger partial charge is 0.365 e. The van der Waals surface area contributed by atoms with E-state index < -0.39 is 0 Å². The third-order valence-corrected chi connectivity index (χ3v) is 3.61. The zero-order valence-electron chi connectivity index (χ0n) is 11.2. The lowest BCUT2D eigenvalue weighted by Gasteiger charge is -2.08. The van der Waals surface area contributed by atoms with Crippen molar-refractivity contribution in [3.05, 3.63) is 28.6 Å². The van der Waals surface area contributed by atoms with Crippen molar-refractivity contribution in [2.45, 2.75) is 19.9 Å². The van der Waals surface area contributed by atoms with Crippen molar-refractivity contribution in [2.24, 2.45) is 0 Å². The van der Waals surface area contributed by atoms with Crippen LogP contribution in [-0.2, 0) is 6.54 Å². The number of H-pyrrole nitrogens is 1. The molecule has 0 aromatic carbocycles. The molecular weight excluding hydrogens is 272 g/mol. The van der Waals surface area contributed by atoms with Crippen molar-refractivity contribution in [2.75, 3.05) is 17.2 Å². The van der Waals surface area contributed by atoms with Crippen molar-refractivity contribution in [3.63, 3.8) is 0 Å². The standard InChI is InChI=1S/C13H16N6S/c1-2-4-14-13-17-11(10-7-16-19-12(10)18-13)15-6-9-3-5-20-8-9/h3,5,7-8H,2,4,6H2,1H3,(H3,14,15,16,17,18,19). The molecule has 0 bridgehead atoms. The van der Waals surface area contributed by atoms with Crippen LogP contribution in [0.2, 0.25) is 0 Å². The van der Waals surface area contributed by atoms with E-state index in [1.165, 1.54) is 5.56 Å². The second-order valence-corrected chi connectivity index (χ2v) is 5.22. The van der Waals surface area contributed by atoms with Gasteiger partial charge in [0.05, 0.1) is 11.6 Å². The third kappa shape index (κ3) is 2.72. The van der Waals surface area contributed by atoms with Gasteiger partial charge in [-0.3, -0.25) is 5.10 Å². The normalized spacial score (nSPS) is 10.8. The Kier molecular flexibility index (Phi) is 3.78. The van der Waals surface area contributed by atoms with Crippen LogP contribution in [0.5, 0.6) is 0 Å². The fraction of sp³-hybridized carbons (Fsp3) is 0.308. The minimum atomic E-state index is 0.622. The SMILES string of the molecule is CCCNc1nc(NCc2ccsc2)c2cn[nH]c2n1. The first-order valence-electron chi connectivity index (χ1n) is 6.56. The van der Waals surface area contributed by atoms with Crippen molar-refractivity contribution in [1.82, 2.24) is 20.2 Å². The molecule has 0 aliphatic carbocycles. The second kappa shape index (κ2) is 5.87. The molecule has 0 amide bonds. The molecule has 3 N–H and O–H groups in total. The molecule has 0 unspecified atom stereocenters. The molecule has 7 heteroatoms. The number of hydrogen-bond donors (Lipinski definition) is 3. The minimum Gasteiger partial charge on any atom is -0.365 e. The highest BCUT2D eigenvalue weighted by atomic mass is 32.1. The summed E-state index contributed by atoms with van der Waals surface area (Å²) in [4.78, 5) is 8.92. The third-order valence-electron chi connectivity index (χ3n) is 2.88. The highest BCUT2D eigenvalue weighted by Crippen LogP contribution is 2.21. The lowest BCUT2D eigenvalue weighted by atomic mass is 10.3. The monoisotopic (exact) mass is 288 g/mol. The molecule has 0 atom stereocenters. The molecule has 6 nitrogen and oxygen atoms in total. The maximum absolute atomic E-state index is 4.52. The van der Waals surface area contributed by atoms with Gasteiger partial charge in [-0.05, 0) is 28.8 Å². The molecule has 3 aromatic heterocycles. The van der Waals surface area contributed by atoms with Gasteiger partial charge in [-0.15, -0.1) is 0 Å². The van der Waals surface area contributed by atoms with Crippen LogP contribution in [0.4, 0.5) is 11.8 Å². The number of hydrogen-bond acceptors (Lipinski definition) is 6. The molecule has 3 rings (SSSR count). The molecule has 3 aromatic rings. The Bertz CT molecular complexity index is 675. The van der Waals surface area contributed by atoms with E-state index in [4.69, 9.17) is 0 Å². The van der Waals surface area contributed by atoms with Gasteiger partial charge in [0.25, 0.3) is 0 Å². The summed E-state index contributed by atoms with van der Waals surface area (Å²) in [6, 6.07) is 2.10. The highest BCUT2D eigenvalue weighted by molar-refractivity contribution is 7.07. The highest BCUT2D eigenvalue weighted by Gasteiger charge is 2.09. The quantitative estimate of drug-likeness (QED) is 0.650. The zero-order chi connectivity index (χ0) is 13.8. The Morgan fingerprint density at radius 2 is 2.25 bits per heavy atom. The number of rotatable bonds is 6. The summed E-state index contributed by atoms with van der Waals surface area (Å²) in [5, 5.41) is 18.6. The molecular formula is C13H16N6S. The van der Waals surface area contributed by atoms with Crippen LogP contribution in [0.1, 0.15) is 18.9 Å². The predicted octanol–water partition coefficient (Wildman–Crippen LogP) is 2.85. The molecule has 0 fully saturated rings. The first kappa shape index (κ1) is 12.9. The summed E-state index contributed by atoms with van der Waals surface area (Å²) >= 11 is 1.69. The van der Waals surface area contributed by atoms with Crippen LogP contribution in [0.25, 0.3) is 11.0 Å². The lowest BCUT2D eigenvalue weighted by molar-refractivity contribution is 0.953. The summed E-state index contributed by atoms with van der Waals surface area (Å²) in [5.74, 6) is 1.42. The molecule has 0 saturated heterocycles. The van der Waals surface area contributed by atoms with Gasteiger partial charge in [-0.2, -0.15) is 26.4 Å². The number of anilines is 2. The van der Waals surface area contributed by atoms with E-state index in [2.05, 4.69) is 54.5 Å². The van der Waals surface area contributed by atoms with Gasteiger partial charge >= 0.3 is 0 Å². The molecule has 3 heterocycles. The molecule has 0 spiro atoms. The molecule has 0 saturated carbocycles. The van der Waals surface area contributed by atoms with Crippen molar-refractivity contribution in [1.29, 1.82) is 0 Å². The van der Waals surface area contributed by atoms with Crippen molar-refractivity contribution >= 4 is 34.1 Å². The van der Waals surface area contributed by atoms with E-state index in [1.54, 1.807) is 17.5 Å². The summed E-state index contributed by atoms with van der Waals surface area (Å²) in [6.07, 6.45) is 2.77. The average Bonchev–Trinajstić information content (AvgIpc) is 3.13. The number of nitrogens with one attached hydrogen (secondary N) is 3. The van der Waals surface area contributed by atoms with Crippen molar-refractivity contribution < 1.29 is 0 Å². The Morgan fingerprint density at radius 3 is 3.05 bits per heavy atom. The molecule has 104 valence electrons. The van der Waals surface area contributed by atoms with Crippen LogP contribution < -0.4 is 10.6 Å². The smallest absolute Gasteiger partial charge is 0.226 e. The van der Waals surface area contributed by atoms with Gasteiger partial charge in [0.15, 0.2) is 5.65 Å². The van der Waals surface area contributed by atoms with Crippen LogP contribution in [0.3, 0.4) is 0 Å². The fourth-order valence-corrected chi connectivity index (χ4v) is 2.53. The maximum Gasteiger partial charge on any atom is 0.226 e. The summed E-state index contributed by atoms with van der Waals surface area (Å²) < 4.78 is 0. The van der Waals surface area contributed by atoms with Crippen LogP contribution in [0.15, 0.2) is 23.0 Å². The fourth-order valence-electron chi connectivity index (χ4n) is 1.86. The minimum absolute atomic E-state index is 0.622. The van der Waals surface area contributed by atoms with Crippen LogP contribution in [-0.4, -0.2) is 26.7 Å². The van der Waals surface area contributed by atoms with Crippen LogP contribution >= 0.6 is 11.3 Å². The molecule has 0 aliphatic heterocycles. The topological polar surface area (TPSA) is 78.5 Å². The first-order valence-corrected chi connectivity index (χ1v) is 7.51. The summed E-state index contributed by atoms with van der Waals surface area (Å²) in [7, 11) is 0. The van der Waals surface area contributed by atoms with E-state index in [0.29, 0.717) is 5.95 Å². The van der Waals surface area contributed by atoms with Gasteiger partial charge in [0, 0.05) is 13.1 Å². The van der Waals surface area contributed by atoms with Gasteiger partial charge in [-0.25, -0.2) is 0 Å². The average molecular weight is 288 g/mol. The predicted molar refractivity (Wildman–Crippen MR) is 82.1 cm³/mol. The molecule has 0 aliphatic rings. The van der Waals surface area contributed by atoms with Gasteiger partial charge in [0.1, 0.15) is 5.82 Å². The van der Waals surface area contributed by atoms with E-state index in [1.807, 2.05) is 0 Å². The van der Waals surface area contributed by atoms with Crippen LogP contribution in [0, 0.1) is 0 Å².